The molecule has 0 aromatic heterocycles. The Kier molecular flexibility index (Phi) is 7.11. The van der Waals surface area contributed by atoms with Gasteiger partial charge in [-0.3, -0.25) is 20.0 Å². The van der Waals surface area contributed by atoms with Gasteiger partial charge in [-0.1, -0.05) is 38.5 Å². The van der Waals surface area contributed by atoms with Crippen molar-refractivity contribution in [3.05, 3.63) is 0 Å². The predicted molar refractivity (Wildman–Crippen MR) is 94.7 cm³/mol. The van der Waals surface area contributed by atoms with Crippen LogP contribution in [0.15, 0.2) is 10.2 Å². The van der Waals surface area contributed by atoms with Crippen molar-refractivity contribution in [1.29, 1.82) is 0 Å². The highest BCUT2D eigenvalue weighted by Crippen LogP contribution is 2.39. The Hall–Kier alpha value is -1.54. The minimum Gasteiger partial charge on any atom is -0.289 e. The van der Waals surface area contributed by atoms with E-state index >= 15 is 0 Å². The minimum absolute atomic E-state index is 0.0417. The zero-order chi connectivity index (χ0) is 19.2. The molecule has 2 atom stereocenters. The number of nitrogens with one attached hydrogen (secondary N) is 2. The summed E-state index contributed by atoms with van der Waals surface area (Å²) in [6.07, 6.45) is 9.58. The first-order chi connectivity index (χ1) is 12.4. The number of carbonyl (C=O) groups excluding carboxylic acids is 2. The summed E-state index contributed by atoms with van der Waals surface area (Å²) in [6, 6.07) is 0. The summed E-state index contributed by atoms with van der Waals surface area (Å²) in [6.45, 7) is 3.33. The summed E-state index contributed by atoms with van der Waals surface area (Å²) in [5, 5.41) is 27.1. The highest BCUT2D eigenvalue weighted by atomic mass is 16.5. The zero-order valence-electron chi connectivity index (χ0n) is 15.8. The highest BCUT2D eigenvalue weighted by Gasteiger charge is 2.46. The van der Waals surface area contributed by atoms with E-state index in [0.29, 0.717) is 0 Å². The topological polar surface area (TPSA) is 123 Å². The number of amides is 2. The normalized spacial score (nSPS) is 24.6. The Labute approximate surface area is 154 Å². The van der Waals surface area contributed by atoms with Crippen LogP contribution in [-0.2, 0) is 9.59 Å². The quantitative estimate of drug-likeness (QED) is 0.327. The Morgan fingerprint density at radius 3 is 1.31 bits per heavy atom. The molecule has 0 spiro atoms. The van der Waals surface area contributed by atoms with E-state index in [1.54, 1.807) is 24.8 Å². The van der Waals surface area contributed by atoms with Gasteiger partial charge in [-0.25, -0.2) is 11.0 Å². The number of carbonyl (C=O) groups is 2. The zero-order valence-corrected chi connectivity index (χ0v) is 15.8. The second-order valence-corrected chi connectivity index (χ2v) is 8.05. The molecule has 2 fully saturated rings. The average Bonchev–Trinajstić information content (AvgIpc) is 2.71. The maximum atomic E-state index is 12.4. The lowest BCUT2D eigenvalue weighted by atomic mass is 9.75. The molecule has 148 valence electrons. The van der Waals surface area contributed by atoms with Crippen LogP contribution in [0, 0.1) is 11.8 Å². The summed E-state index contributed by atoms with van der Waals surface area (Å²) in [7, 11) is 0. The fourth-order valence-corrected chi connectivity index (χ4v) is 4.39. The monoisotopic (exact) mass is 368 g/mol. The molecule has 2 unspecified atom stereocenters. The van der Waals surface area contributed by atoms with Gasteiger partial charge in [0.25, 0.3) is 11.8 Å². The second-order valence-electron chi connectivity index (χ2n) is 8.05. The highest BCUT2D eigenvalue weighted by molar-refractivity contribution is 5.86. The molecule has 2 aliphatic rings. The van der Waals surface area contributed by atoms with E-state index in [1.165, 1.54) is 0 Å². The molecule has 2 rings (SSSR count). The van der Waals surface area contributed by atoms with Gasteiger partial charge in [-0.2, -0.15) is 10.2 Å². The Balaban J connectivity index is 2.33. The van der Waals surface area contributed by atoms with Crippen LogP contribution in [0.5, 0.6) is 0 Å². The third-order valence-corrected chi connectivity index (χ3v) is 6.39. The standard InChI is InChI=1S/C18H32N4O4/c1-17(15(23)19-25,13-9-5-3-6-10-13)21-22-18(2,16(24)20-26)14-11-7-4-8-12-14/h13-14,25-26H,3-12H2,1-2H3,(H,19,23)(H,20,24). The molecule has 2 amide bonds. The maximum absolute atomic E-state index is 12.4. The van der Waals surface area contributed by atoms with Gasteiger partial charge >= 0.3 is 0 Å². The van der Waals surface area contributed by atoms with Gasteiger partial charge in [0.05, 0.1) is 0 Å². The van der Waals surface area contributed by atoms with Crippen LogP contribution in [-0.4, -0.2) is 33.3 Å². The van der Waals surface area contributed by atoms with Gasteiger partial charge in [-0.15, -0.1) is 0 Å². The van der Waals surface area contributed by atoms with E-state index in [-0.39, 0.29) is 11.8 Å². The summed E-state index contributed by atoms with van der Waals surface area (Å²) in [4.78, 5) is 24.8. The van der Waals surface area contributed by atoms with E-state index in [1.807, 2.05) is 0 Å². The molecule has 2 aliphatic carbocycles. The first-order valence-electron chi connectivity index (χ1n) is 9.71. The Bertz CT molecular complexity index is 483. The summed E-state index contributed by atoms with van der Waals surface area (Å²) < 4.78 is 0. The van der Waals surface area contributed by atoms with Crippen LogP contribution in [0.2, 0.25) is 0 Å². The minimum atomic E-state index is -1.24. The van der Waals surface area contributed by atoms with Crippen LogP contribution >= 0.6 is 0 Å². The first-order valence-corrected chi connectivity index (χ1v) is 9.71. The van der Waals surface area contributed by atoms with Gasteiger partial charge in [0.15, 0.2) is 11.1 Å². The molecular weight excluding hydrogens is 336 g/mol. The van der Waals surface area contributed by atoms with Crippen molar-refractivity contribution >= 4 is 11.8 Å². The molecule has 0 saturated heterocycles. The molecule has 8 nitrogen and oxygen atoms in total. The molecule has 0 radical (unpaired) electrons. The number of nitrogens with zero attached hydrogens (tertiary/aromatic N) is 2. The third-order valence-electron chi connectivity index (χ3n) is 6.39. The van der Waals surface area contributed by atoms with E-state index < -0.39 is 22.9 Å². The summed E-state index contributed by atoms with van der Waals surface area (Å²) in [5.41, 5.74) is 0.968. The number of azo groups is 1. The van der Waals surface area contributed by atoms with Gasteiger partial charge in [0.1, 0.15) is 0 Å². The van der Waals surface area contributed by atoms with Crippen molar-refractivity contribution in [2.45, 2.75) is 89.1 Å². The van der Waals surface area contributed by atoms with Crippen molar-refractivity contribution in [2.75, 3.05) is 0 Å². The van der Waals surface area contributed by atoms with Crippen molar-refractivity contribution < 1.29 is 20.0 Å². The number of hydrogen-bond acceptors (Lipinski definition) is 6. The van der Waals surface area contributed by atoms with Gasteiger partial charge in [-0.05, 0) is 51.4 Å². The Morgan fingerprint density at radius 2 is 1.04 bits per heavy atom. The lowest BCUT2D eigenvalue weighted by Crippen LogP contribution is -2.51. The number of rotatable bonds is 6. The van der Waals surface area contributed by atoms with E-state index in [0.717, 1.165) is 64.2 Å². The molecule has 0 heterocycles. The van der Waals surface area contributed by atoms with Crippen molar-refractivity contribution in [3.63, 3.8) is 0 Å². The van der Waals surface area contributed by atoms with Crippen molar-refractivity contribution in [2.24, 2.45) is 22.1 Å². The SMILES string of the molecule is CC(N=NC(C)(C(=O)NO)C1CCCCC1)(C(=O)NO)C1CCCCC1. The van der Waals surface area contributed by atoms with E-state index in [2.05, 4.69) is 10.2 Å². The molecule has 0 aliphatic heterocycles. The third kappa shape index (κ3) is 4.23. The van der Waals surface area contributed by atoms with Crippen LogP contribution in [0.25, 0.3) is 0 Å². The number of hydroxylamine groups is 2. The van der Waals surface area contributed by atoms with Gasteiger partial charge < -0.3 is 0 Å². The maximum Gasteiger partial charge on any atom is 0.273 e. The van der Waals surface area contributed by atoms with Crippen LogP contribution in [0.1, 0.15) is 78.1 Å². The lowest BCUT2D eigenvalue weighted by molar-refractivity contribution is -0.139. The lowest BCUT2D eigenvalue weighted by Gasteiger charge is -2.37. The molecule has 8 heteroatoms. The molecule has 4 N–H and O–H groups in total. The Morgan fingerprint density at radius 1 is 0.731 bits per heavy atom. The van der Waals surface area contributed by atoms with Gasteiger partial charge in [0, 0.05) is 0 Å². The fraction of sp³-hybridized carbons (Fsp3) is 0.889. The largest absolute Gasteiger partial charge is 0.289 e. The predicted octanol–water partition coefficient (Wildman–Crippen LogP) is 3.13. The van der Waals surface area contributed by atoms with Crippen LogP contribution in [0.3, 0.4) is 0 Å². The molecular formula is C18H32N4O4. The smallest absolute Gasteiger partial charge is 0.273 e. The second kappa shape index (κ2) is 8.90. The van der Waals surface area contributed by atoms with Gasteiger partial charge in [0.2, 0.25) is 0 Å². The number of hydrogen-bond donors (Lipinski definition) is 4. The molecule has 0 bridgehead atoms. The van der Waals surface area contributed by atoms with Crippen LogP contribution < -0.4 is 11.0 Å². The van der Waals surface area contributed by atoms with Crippen LogP contribution in [0.4, 0.5) is 0 Å². The van der Waals surface area contributed by atoms with E-state index in [4.69, 9.17) is 0 Å². The molecule has 26 heavy (non-hydrogen) atoms. The molecule has 2 saturated carbocycles. The van der Waals surface area contributed by atoms with E-state index in [9.17, 15) is 20.0 Å². The van der Waals surface area contributed by atoms with Crippen molar-refractivity contribution in [1.82, 2.24) is 11.0 Å². The fourth-order valence-electron chi connectivity index (χ4n) is 4.39. The van der Waals surface area contributed by atoms with Crippen molar-refractivity contribution in [3.8, 4) is 0 Å². The summed E-state index contributed by atoms with van der Waals surface area (Å²) >= 11 is 0. The average molecular weight is 368 g/mol. The summed E-state index contributed by atoms with van der Waals surface area (Å²) in [5.74, 6) is -1.30. The molecule has 0 aromatic rings. The first kappa shape index (κ1) is 20.8. The molecule has 0 aromatic carbocycles.